The van der Waals surface area contributed by atoms with Gasteiger partial charge in [0.25, 0.3) is 0 Å². The summed E-state index contributed by atoms with van der Waals surface area (Å²) >= 11 is 0. The Hall–Kier alpha value is -3.82. The number of phenols is 1. The summed E-state index contributed by atoms with van der Waals surface area (Å²) in [5, 5.41) is 23.0. The van der Waals surface area contributed by atoms with Crippen LogP contribution in [0.15, 0.2) is 35.3 Å². The summed E-state index contributed by atoms with van der Waals surface area (Å²) in [5.41, 5.74) is 5.26. The second-order valence-electron chi connectivity index (χ2n) is 13.5. The van der Waals surface area contributed by atoms with E-state index in [1.54, 1.807) is 18.2 Å². The molecular formula is C37H44FN5O3. The maximum Gasteiger partial charge on any atom is 0.319 e. The van der Waals surface area contributed by atoms with Crippen LogP contribution in [-0.4, -0.2) is 81.3 Å². The summed E-state index contributed by atoms with van der Waals surface area (Å²) in [6.45, 7) is 11.9. The molecule has 8 nitrogen and oxygen atoms in total. The number of aliphatic hydroxyl groups is 1. The summed E-state index contributed by atoms with van der Waals surface area (Å²) < 4.78 is 21.8. The van der Waals surface area contributed by atoms with Crippen LogP contribution in [0.1, 0.15) is 82.2 Å². The van der Waals surface area contributed by atoms with E-state index in [1.807, 2.05) is 39.8 Å². The van der Waals surface area contributed by atoms with E-state index in [1.165, 1.54) is 18.9 Å². The van der Waals surface area contributed by atoms with E-state index in [4.69, 9.17) is 19.7 Å². The molecule has 2 aromatic carbocycles. The zero-order valence-electron chi connectivity index (χ0n) is 27.3. The third kappa shape index (κ3) is 5.27. The molecule has 3 aliphatic heterocycles. The summed E-state index contributed by atoms with van der Waals surface area (Å²) in [5.74, 6) is 0.557. The highest BCUT2D eigenvalue weighted by molar-refractivity contribution is 6.50. The van der Waals surface area contributed by atoms with Crippen LogP contribution >= 0.6 is 0 Å². The van der Waals surface area contributed by atoms with Crippen LogP contribution in [0.25, 0.3) is 28.0 Å². The average Bonchev–Trinajstić information content (AvgIpc) is 3.75. The lowest BCUT2D eigenvalue weighted by molar-refractivity contribution is 0.107. The molecule has 0 saturated carbocycles. The van der Waals surface area contributed by atoms with E-state index < -0.39 is 6.10 Å². The number of benzene rings is 2. The van der Waals surface area contributed by atoms with E-state index in [2.05, 4.69) is 9.80 Å². The first-order valence-electron chi connectivity index (χ1n) is 16.9. The number of nitrogens with zero attached hydrogens (tertiary/aromatic N) is 5. The molecule has 4 heterocycles. The Kier molecular flexibility index (Phi) is 8.09. The number of halogens is 1. The first-order valence-corrected chi connectivity index (χ1v) is 16.9. The number of aromatic hydroxyl groups is 1. The zero-order valence-corrected chi connectivity index (χ0v) is 27.3. The molecule has 0 radical (unpaired) electrons. The Morgan fingerprint density at radius 3 is 2.61 bits per heavy atom. The van der Waals surface area contributed by atoms with Gasteiger partial charge in [0.2, 0.25) is 0 Å². The molecule has 46 heavy (non-hydrogen) atoms. The minimum Gasteiger partial charge on any atom is -0.508 e. The van der Waals surface area contributed by atoms with Gasteiger partial charge in [0.1, 0.15) is 24.0 Å². The number of aliphatic hydroxyl groups excluding tert-OH is 1. The van der Waals surface area contributed by atoms with Gasteiger partial charge in [-0.1, -0.05) is 19.1 Å². The number of hydrogen-bond acceptors (Lipinski definition) is 8. The Morgan fingerprint density at radius 2 is 1.93 bits per heavy atom. The number of hydrogen-bond donors (Lipinski definition) is 2. The number of allylic oxidation sites excluding steroid dienone is 3. The van der Waals surface area contributed by atoms with E-state index in [0.29, 0.717) is 55.4 Å². The van der Waals surface area contributed by atoms with Crippen molar-refractivity contribution in [3.63, 3.8) is 0 Å². The number of aromatic nitrogens is 2. The fraction of sp³-hybridized carbons (Fsp3) is 0.486. The van der Waals surface area contributed by atoms with Crippen LogP contribution in [-0.2, 0) is 6.42 Å². The lowest BCUT2D eigenvalue weighted by Gasteiger charge is -2.32. The van der Waals surface area contributed by atoms with Crippen LogP contribution in [0, 0.1) is 5.82 Å². The lowest BCUT2D eigenvalue weighted by atomic mass is 9.82. The second-order valence-corrected chi connectivity index (χ2v) is 13.5. The van der Waals surface area contributed by atoms with Crippen LogP contribution in [0.2, 0.25) is 0 Å². The molecule has 0 spiro atoms. The topological polar surface area (TPSA) is 94.3 Å². The molecule has 0 bridgehead atoms. The molecule has 3 fully saturated rings. The first kappa shape index (κ1) is 30.8. The Balaban J connectivity index is 1.45. The number of anilines is 1. The number of rotatable bonds is 7. The summed E-state index contributed by atoms with van der Waals surface area (Å²) in [4.78, 5) is 19.9. The van der Waals surface area contributed by atoms with Crippen LogP contribution in [0.3, 0.4) is 0 Å². The van der Waals surface area contributed by atoms with Gasteiger partial charge in [-0.2, -0.15) is 9.97 Å². The molecule has 1 atom stereocenters. The van der Waals surface area contributed by atoms with Crippen molar-refractivity contribution in [1.82, 2.24) is 14.9 Å². The fourth-order valence-electron chi connectivity index (χ4n) is 8.11. The minimum absolute atomic E-state index is 0.0386. The maximum atomic E-state index is 15.3. The molecule has 3 saturated heterocycles. The quantitative estimate of drug-likeness (QED) is 0.313. The standard InChI is InChI=1S/C37H44FN5O3/c1-5-26-30(38)10-9-23-17-25(45)18-28(32(23)26)29-19-31-33(27(6-2)34(29)39-22(3)4)35(42-16-11-24(44)20-42)41-36(40-31)46-21-37-12-7-14-43(37)15-8-13-37/h6,9-10,17-19,22,24,44-45H,5,7-8,11-16,20-21H2,1-4H3/b27-6-,39-34?. The van der Waals surface area contributed by atoms with E-state index in [-0.39, 0.29) is 23.1 Å². The van der Waals surface area contributed by atoms with Crippen molar-refractivity contribution in [2.75, 3.05) is 37.7 Å². The number of β-amino-alcohol motifs (C(OH)–C–C–N with tert-alkyl or cyclic N) is 1. The first-order chi connectivity index (χ1) is 22.2. The van der Waals surface area contributed by atoms with Crippen molar-refractivity contribution in [2.45, 2.75) is 83.9 Å². The van der Waals surface area contributed by atoms with Gasteiger partial charge in [-0.05, 0) is 119 Å². The van der Waals surface area contributed by atoms with Gasteiger partial charge in [0.15, 0.2) is 0 Å². The molecule has 7 rings (SSSR count). The molecule has 242 valence electrons. The highest BCUT2D eigenvalue weighted by Crippen LogP contribution is 2.45. The molecular weight excluding hydrogens is 581 g/mol. The van der Waals surface area contributed by atoms with Gasteiger partial charge in [0, 0.05) is 30.3 Å². The third-order valence-corrected chi connectivity index (χ3v) is 10.2. The van der Waals surface area contributed by atoms with Gasteiger partial charge in [-0.25, -0.2) is 4.39 Å². The largest absolute Gasteiger partial charge is 0.508 e. The van der Waals surface area contributed by atoms with Crippen molar-refractivity contribution >= 4 is 39.5 Å². The number of fused-ring (bicyclic) bond motifs is 3. The number of aryl methyl sites for hydroxylation is 1. The van der Waals surface area contributed by atoms with Gasteiger partial charge < -0.3 is 19.8 Å². The van der Waals surface area contributed by atoms with Crippen molar-refractivity contribution < 1.29 is 19.3 Å². The van der Waals surface area contributed by atoms with E-state index >= 15 is 4.39 Å². The van der Waals surface area contributed by atoms with Gasteiger partial charge in [-0.3, -0.25) is 9.89 Å². The molecule has 9 heteroatoms. The zero-order chi connectivity index (χ0) is 32.2. The van der Waals surface area contributed by atoms with Crippen molar-refractivity contribution in [1.29, 1.82) is 0 Å². The Bertz CT molecular complexity index is 1770. The maximum absolute atomic E-state index is 15.3. The highest BCUT2D eigenvalue weighted by atomic mass is 19.1. The molecule has 1 unspecified atom stereocenters. The molecule has 1 aliphatic carbocycles. The minimum atomic E-state index is -0.437. The summed E-state index contributed by atoms with van der Waals surface area (Å²) in [6, 6.07) is 6.87. The highest BCUT2D eigenvalue weighted by Gasteiger charge is 2.45. The van der Waals surface area contributed by atoms with Gasteiger partial charge in [-0.15, -0.1) is 0 Å². The number of phenolic OH excluding ortho intramolecular Hbond substituents is 1. The average molecular weight is 626 g/mol. The predicted molar refractivity (Wildman–Crippen MR) is 182 cm³/mol. The fourth-order valence-corrected chi connectivity index (χ4v) is 8.11. The van der Waals surface area contributed by atoms with E-state index in [9.17, 15) is 10.2 Å². The molecule has 1 aromatic heterocycles. The van der Waals surface area contributed by atoms with Crippen LogP contribution < -0.4 is 9.64 Å². The summed E-state index contributed by atoms with van der Waals surface area (Å²) in [7, 11) is 0. The predicted octanol–water partition coefficient (Wildman–Crippen LogP) is 6.42. The van der Waals surface area contributed by atoms with Crippen molar-refractivity contribution in [3.8, 4) is 11.8 Å². The van der Waals surface area contributed by atoms with Crippen molar-refractivity contribution in [2.24, 2.45) is 4.99 Å². The molecule has 4 aliphatic rings. The number of ether oxygens (including phenoxy) is 1. The SMILES string of the molecule is C/C=C1\C(=NC(C)C)C(c2cc(O)cc3ccc(F)c(CC)c23)=Cc2nc(OCC34CCCN3CCC4)nc(N3CCC(O)C3)c21. The van der Waals surface area contributed by atoms with Gasteiger partial charge in [0.05, 0.1) is 28.6 Å². The van der Waals surface area contributed by atoms with Crippen molar-refractivity contribution in [3.05, 3.63) is 58.5 Å². The molecule has 2 N–H and O–H groups in total. The normalized spacial score (nSPS) is 22.7. The summed E-state index contributed by atoms with van der Waals surface area (Å²) in [6.07, 6.45) is 9.35. The molecule has 0 amide bonds. The monoisotopic (exact) mass is 625 g/mol. The second kappa shape index (κ2) is 12.1. The van der Waals surface area contributed by atoms with E-state index in [0.717, 1.165) is 64.9 Å². The Labute approximate surface area is 270 Å². The van der Waals surface area contributed by atoms with Gasteiger partial charge >= 0.3 is 6.01 Å². The lowest BCUT2D eigenvalue weighted by Crippen LogP contribution is -2.43. The third-order valence-electron chi connectivity index (χ3n) is 10.2. The van der Waals surface area contributed by atoms with Crippen LogP contribution in [0.5, 0.6) is 11.8 Å². The smallest absolute Gasteiger partial charge is 0.319 e. The number of aliphatic imine (C=N–C) groups is 1. The van der Waals surface area contributed by atoms with Crippen LogP contribution in [0.4, 0.5) is 10.2 Å². The Morgan fingerprint density at radius 1 is 1.15 bits per heavy atom. The molecule has 3 aromatic rings.